The van der Waals surface area contributed by atoms with Gasteiger partial charge in [-0.1, -0.05) is 12.1 Å². The molecule has 0 bridgehead atoms. The first-order valence-corrected chi connectivity index (χ1v) is 8.86. The third-order valence-corrected chi connectivity index (χ3v) is 5.87. The Morgan fingerprint density at radius 3 is 2.50 bits per heavy atom. The van der Waals surface area contributed by atoms with Crippen LogP contribution in [0.4, 0.5) is 0 Å². The summed E-state index contributed by atoms with van der Waals surface area (Å²) in [5.41, 5.74) is 1.53. The minimum atomic E-state index is 0. The summed E-state index contributed by atoms with van der Waals surface area (Å²) >= 11 is 0. The number of carbonyl (C=O) groups is 1. The summed E-state index contributed by atoms with van der Waals surface area (Å²) in [7, 11) is 1.68. The molecule has 1 N–H and O–H groups in total. The van der Waals surface area contributed by atoms with Gasteiger partial charge in [0.15, 0.2) is 0 Å². The number of nitrogens with one attached hydrogen (secondary N) is 1. The summed E-state index contributed by atoms with van der Waals surface area (Å²) in [6.07, 6.45) is 5.79. The zero-order valence-electron chi connectivity index (χ0n) is 14.3. The lowest BCUT2D eigenvalue weighted by Crippen LogP contribution is -2.37. The molecule has 0 radical (unpaired) electrons. The molecular formula is C19H27ClN2O2. The first-order chi connectivity index (χ1) is 11.2. The Bertz CT molecular complexity index is 580. The van der Waals surface area contributed by atoms with Gasteiger partial charge >= 0.3 is 0 Å². The van der Waals surface area contributed by atoms with Crippen LogP contribution in [-0.4, -0.2) is 37.0 Å². The molecule has 3 aliphatic rings. The van der Waals surface area contributed by atoms with Crippen LogP contribution in [-0.2, 0) is 11.3 Å². The van der Waals surface area contributed by atoms with Gasteiger partial charge in [0, 0.05) is 18.5 Å². The fourth-order valence-corrected chi connectivity index (χ4v) is 4.08. The van der Waals surface area contributed by atoms with Crippen molar-refractivity contribution in [2.45, 2.75) is 44.7 Å². The molecule has 1 spiro atoms. The second-order valence-electron chi connectivity index (χ2n) is 7.41. The van der Waals surface area contributed by atoms with Crippen molar-refractivity contribution in [3.05, 3.63) is 29.8 Å². The monoisotopic (exact) mass is 350 g/mol. The molecule has 1 saturated heterocycles. The molecule has 4 nitrogen and oxygen atoms in total. The molecule has 1 aromatic carbocycles. The van der Waals surface area contributed by atoms with Crippen LogP contribution >= 0.6 is 12.4 Å². The molecule has 1 atom stereocenters. The number of halogens is 1. The van der Waals surface area contributed by atoms with Crippen molar-refractivity contribution in [1.82, 2.24) is 10.2 Å². The highest BCUT2D eigenvalue weighted by atomic mass is 35.5. The van der Waals surface area contributed by atoms with E-state index in [1.807, 2.05) is 12.1 Å². The van der Waals surface area contributed by atoms with Crippen LogP contribution in [0.2, 0.25) is 0 Å². The molecule has 3 fully saturated rings. The number of ether oxygens (including phenoxy) is 1. The fourth-order valence-electron chi connectivity index (χ4n) is 4.08. The van der Waals surface area contributed by atoms with Gasteiger partial charge in [0.25, 0.3) is 0 Å². The smallest absolute Gasteiger partial charge is 0.226 e. The molecule has 1 amide bonds. The summed E-state index contributed by atoms with van der Waals surface area (Å²) < 4.78 is 5.22. The van der Waals surface area contributed by atoms with Crippen LogP contribution < -0.4 is 10.1 Å². The van der Waals surface area contributed by atoms with Crippen molar-refractivity contribution >= 4 is 18.3 Å². The van der Waals surface area contributed by atoms with Crippen molar-refractivity contribution < 1.29 is 9.53 Å². The Morgan fingerprint density at radius 1 is 1.25 bits per heavy atom. The van der Waals surface area contributed by atoms with Gasteiger partial charge < -0.3 is 15.0 Å². The van der Waals surface area contributed by atoms with Crippen LogP contribution in [0.5, 0.6) is 5.75 Å². The molecule has 2 aliphatic carbocycles. The molecular weight excluding hydrogens is 324 g/mol. The SMILES string of the molecule is COc1ccc(CN(C(=O)C2CC23CCNCC3)C2CC2)cc1.Cl. The van der Waals surface area contributed by atoms with Crippen LogP contribution in [0.25, 0.3) is 0 Å². The molecule has 5 heteroatoms. The van der Waals surface area contributed by atoms with Crippen molar-refractivity contribution in [2.75, 3.05) is 20.2 Å². The number of piperidine rings is 1. The van der Waals surface area contributed by atoms with E-state index in [0.717, 1.165) is 31.8 Å². The summed E-state index contributed by atoms with van der Waals surface area (Å²) in [5.74, 6) is 1.56. The fraction of sp³-hybridized carbons (Fsp3) is 0.632. The van der Waals surface area contributed by atoms with E-state index in [4.69, 9.17) is 4.74 Å². The van der Waals surface area contributed by atoms with E-state index in [0.29, 0.717) is 17.4 Å². The maximum atomic E-state index is 13.1. The average molecular weight is 351 g/mol. The predicted octanol–water partition coefficient (Wildman–Crippen LogP) is 3.00. The number of methoxy groups -OCH3 is 1. The lowest BCUT2D eigenvalue weighted by Gasteiger charge is -2.27. The van der Waals surface area contributed by atoms with Gasteiger partial charge in [-0.05, 0) is 68.3 Å². The summed E-state index contributed by atoms with van der Waals surface area (Å²) in [5, 5.41) is 3.42. The first kappa shape index (κ1) is 17.6. The van der Waals surface area contributed by atoms with E-state index < -0.39 is 0 Å². The lowest BCUT2D eigenvalue weighted by atomic mass is 9.91. The van der Waals surface area contributed by atoms with Crippen molar-refractivity contribution in [3.63, 3.8) is 0 Å². The van der Waals surface area contributed by atoms with E-state index in [-0.39, 0.29) is 18.3 Å². The minimum Gasteiger partial charge on any atom is -0.497 e. The van der Waals surface area contributed by atoms with E-state index in [1.54, 1.807) is 7.11 Å². The van der Waals surface area contributed by atoms with Crippen molar-refractivity contribution in [2.24, 2.45) is 11.3 Å². The Kier molecular flexibility index (Phi) is 5.07. The van der Waals surface area contributed by atoms with Crippen LogP contribution in [0.1, 0.15) is 37.7 Å². The zero-order chi connectivity index (χ0) is 15.9. The highest BCUT2D eigenvalue weighted by Crippen LogP contribution is 2.59. The Hall–Kier alpha value is -1.26. The predicted molar refractivity (Wildman–Crippen MR) is 96.5 cm³/mol. The average Bonchev–Trinajstić information content (AvgIpc) is 3.50. The Labute approximate surface area is 150 Å². The number of rotatable bonds is 5. The number of carbonyl (C=O) groups excluding carboxylic acids is 1. The van der Waals surface area contributed by atoms with E-state index >= 15 is 0 Å². The standard InChI is InChI=1S/C19H26N2O2.ClH/c1-23-16-6-2-14(3-7-16)13-21(15-4-5-15)18(22)17-12-19(17)8-10-20-11-9-19;/h2-3,6-7,15,17,20H,4-5,8-13H2,1H3;1H. The maximum absolute atomic E-state index is 13.1. The van der Waals surface area contributed by atoms with Gasteiger partial charge in [0.05, 0.1) is 7.11 Å². The Morgan fingerprint density at radius 2 is 1.92 bits per heavy atom. The van der Waals surface area contributed by atoms with Crippen molar-refractivity contribution in [3.8, 4) is 5.75 Å². The zero-order valence-corrected chi connectivity index (χ0v) is 15.1. The van der Waals surface area contributed by atoms with E-state index in [9.17, 15) is 4.79 Å². The Balaban J connectivity index is 0.00000169. The molecule has 2 saturated carbocycles. The van der Waals surface area contributed by atoms with Gasteiger partial charge in [-0.15, -0.1) is 12.4 Å². The molecule has 132 valence electrons. The normalized spacial score (nSPS) is 24.1. The summed E-state index contributed by atoms with van der Waals surface area (Å²) in [4.78, 5) is 15.2. The van der Waals surface area contributed by atoms with Crippen molar-refractivity contribution in [1.29, 1.82) is 0 Å². The molecule has 1 unspecified atom stereocenters. The molecule has 1 aliphatic heterocycles. The first-order valence-electron chi connectivity index (χ1n) is 8.86. The number of benzene rings is 1. The second-order valence-corrected chi connectivity index (χ2v) is 7.41. The number of hydrogen-bond acceptors (Lipinski definition) is 3. The highest BCUT2D eigenvalue weighted by Gasteiger charge is 2.59. The lowest BCUT2D eigenvalue weighted by molar-refractivity contribution is -0.134. The molecule has 0 aromatic heterocycles. The van der Waals surface area contributed by atoms with Gasteiger partial charge in [-0.2, -0.15) is 0 Å². The molecule has 24 heavy (non-hydrogen) atoms. The minimum absolute atomic E-state index is 0. The van der Waals surface area contributed by atoms with Crippen LogP contribution in [0.15, 0.2) is 24.3 Å². The molecule has 1 heterocycles. The third-order valence-electron chi connectivity index (χ3n) is 5.87. The van der Waals surface area contributed by atoms with Crippen LogP contribution in [0.3, 0.4) is 0 Å². The molecule has 1 aromatic rings. The number of amides is 1. The largest absolute Gasteiger partial charge is 0.497 e. The van der Waals surface area contributed by atoms with E-state index in [2.05, 4.69) is 22.3 Å². The van der Waals surface area contributed by atoms with E-state index in [1.165, 1.54) is 31.2 Å². The molecule has 4 rings (SSSR count). The van der Waals surface area contributed by atoms with Gasteiger partial charge in [0.1, 0.15) is 5.75 Å². The van der Waals surface area contributed by atoms with Gasteiger partial charge in [0.2, 0.25) is 5.91 Å². The van der Waals surface area contributed by atoms with Crippen LogP contribution in [0, 0.1) is 11.3 Å². The topological polar surface area (TPSA) is 41.6 Å². The van der Waals surface area contributed by atoms with Gasteiger partial charge in [-0.3, -0.25) is 4.79 Å². The summed E-state index contributed by atoms with van der Waals surface area (Å²) in [6.45, 7) is 2.90. The highest BCUT2D eigenvalue weighted by molar-refractivity contribution is 5.85. The van der Waals surface area contributed by atoms with Gasteiger partial charge in [-0.25, -0.2) is 0 Å². The third kappa shape index (κ3) is 3.40. The number of nitrogens with zero attached hydrogens (tertiary/aromatic N) is 1. The quantitative estimate of drug-likeness (QED) is 0.887. The summed E-state index contributed by atoms with van der Waals surface area (Å²) in [6, 6.07) is 8.60. The number of hydrogen-bond donors (Lipinski definition) is 1. The second kappa shape index (κ2) is 6.93. The maximum Gasteiger partial charge on any atom is 0.226 e.